The minimum Gasteiger partial charge on any atom is -0.109 e. The number of allylic oxidation sites excluding steroid dienone is 1. The van der Waals surface area contributed by atoms with Crippen molar-refractivity contribution < 1.29 is 0 Å². The van der Waals surface area contributed by atoms with Crippen LogP contribution in [0.1, 0.15) is 36.3 Å². The summed E-state index contributed by atoms with van der Waals surface area (Å²) in [5, 5.41) is 0. The average molecular weight is 266 g/mol. The Bertz CT molecular complexity index is 448. The molecule has 98 valence electrons. The van der Waals surface area contributed by atoms with Gasteiger partial charge in [-0.05, 0) is 30.4 Å². The molecule has 0 atom stereocenters. The molecule has 0 aliphatic carbocycles. The average Bonchev–Trinajstić information content (AvgIpc) is 2.49. The molecule has 19 heavy (non-hydrogen) atoms. The van der Waals surface area contributed by atoms with Crippen molar-refractivity contribution in [2.24, 2.45) is 0 Å². The first-order valence-electron chi connectivity index (χ1n) is 7.13. The molecular formula is C18H22Si. The third-order valence-corrected chi connectivity index (χ3v) is 3.97. The van der Waals surface area contributed by atoms with Gasteiger partial charge in [-0.25, -0.2) is 0 Å². The first kappa shape index (κ1) is 13.8. The van der Waals surface area contributed by atoms with E-state index in [-0.39, 0.29) is 0 Å². The molecule has 0 amide bonds. The Hall–Kier alpha value is -1.60. The van der Waals surface area contributed by atoms with Gasteiger partial charge in [0.2, 0.25) is 0 Å². The molecule has 0 heterocycles. The van der Waals surface area contributed by atoms with Crippen molar-refractivity contribution in [1.82, 2.24) is 0 Å². The van der Waals surface area contributed by atoms with Crippen molar-refractivity contribution in [2.75, 3.05) is 0 Å². The van der Waals surface area contributed by atoms with Crippen LogP contribution in [0.15, 0.2) is 72.4 Å². The van der Waals surface area contributed by atoms with Crippen LogP contribution < -0.4 is 0 Å². The second-order valence-corrected chi connectivity index (χ2v) is 5.54. The smallest absolute Gasteiger partial charge is 0.0287 e. The van der Waals surface area contributed by atoms with Crippen molar-refractivity contribution in [3.05, 3.63) is 83.6 Å². The number of hydrogen-bond acceptors (Lipinski definition) is 0. The highest BCUT2D eigenvalue weighted by atomic mass is 28.1. The van der Waals surface area contributed by atoms with Gasteiger partial charge in [0.1, 0.15) is 0 Å². The Balaban J connectivity index is 2.14. The summed E-state index contributed by atoms with van der Waals surface area (Å²) in [6.07, 6.45) is 6.01. The Morgan fingerprint density at radius 1 is 0.842 bits per heavy atom. The molecule has 1 heteroatoms. The Labute approximate surface area is 119 Å². The maximum Gasteiger partial charge on any atom is 0.0287 e. The van der Waals surface area contributed by atoms with Crippen molar-refractivity contribution in [3.63, 3.8) is 0 Å². The number of unbranched alkanes of at least 4 members (excludes halogenated alkanes) is 1. The van der Waals surface area contributed by atoms with Crippen LogP contribution in [0.2, 0.25) is 0 Å². The fourth-order valence-corrected chi connectivity index (χ4v) is 2.84. The molecule has 2 rings (SSSR count). The summed E-state index contributed by atoms with van der Waals surface area (Å²) in [6.45, 7) is 0. The molecule has 0 N–H and O–H groups in total. The first-order valence-corrected chi connectivity index (χ1v) is 8.28. The molecule has 0 unspecified atom stereocenters. The van der Waals surface area contributed by atoms with Crippen molar-refractivity contribution in [1.29, 1.82) is 0 Å². The predicted octanol–water partition coefficient (Wildman–Crippen LogP) is 3.87. The van der Waals surface area contributed by atoms with Gasteiger partial charge in [-0.15, -0.1) is 5.70 Å². The summed E-state index contributed by atoms with van der Waals surface area (Å²) in [4.78, 5) is 0. The highest BCUT2D eigenvalue weighted by molar-refractivity contribution is 6.16. The molecule has 0 nitrogen and oxygen atoms in total. The van der Waals surface area contributed by atoms with Gasteiger partial charge in [0.15, 0.2) is 0 Å². The van der Waals surface area contributed by atoms with E-state index in [1.165, 1.54) is 40.6 Å². The van der Waals surface area contributed by atoms with Crippen LogP contribution in [-0.2, 0) is 0 Å². The summed E-state index contributed by atoms with van der Waals surface area (Å²) in [5.74, 6) is 0.532. The van der Waals surface area contributed by atoms with E-state index in [0.29, 0.717) is 5.92 Å². The van der Waals surface area contributed by atoms with E-state index < -0.39 is 0 Å². The van der Waals surface area contributed by atoms with Crippen LogP contribution >= 0.6 is 0 Å². The van der Waals surface area contributed by atoms with Crippen molar-refractivity contribution in [2.45, 2.75) is 25.2 Å². The maximum atomic E-state index is 2.32. The SMILES string of the molecule is [SiH3]C=CCCCC(c1ccccc1)c1ccccc1. The lowest BCUT2D eigenvalue weighted by Crippen LogP contribution is -2.00. The van der Waals surface area contributed by atoms with E-state index in [9.17, 15) is 0 Å². The van der Waals surface area contributed by atoms with Gasteiger partial charge < -0.3 is 0 Å². The zero-order valence-corrected chi connectivity index (χ0v) is 13.6. The van der Waals surface area contributed by atoms with E-state index in [1.54, 1.807) is 0 Å². The molecule has 0 saturated heterocycles. The summed E-state index contributed by atoms with van der Waals surface area (Å²) in [7, 11) is 1.17. The van der Waals surface area contributed by atoms with Crippen LogP contribution in [0, 0.1) is 0 Å². The lowest BCUT2D eigenvalue weighted by atomic mass is 9.87. The van der Waals surface area contributed by atoms with E-state index in [1.807, 2.05) is 0 Å². The fourth-order valence-electron chi connectivity index (χ4n) is 2.50. The molecule has 0 radical (unpaired) electrons. The van der Waals surface area contributed by atoms with E-state index >= 15 is 0 Å². The molecule has 0 saturated carbocycles. The quantitative estimate of drug-likeness (QED) is 0.550. The molecule has 0 aliphatic heterocycles. The van der Waals surface area contributed by atoms with Gasteiger partial charge in [-0.3, -0.25) is 0 Å². The molecule has 0 aliphatic rings. The highest BCUT2D eigenvalue weighted by Gasteiger charge is 2.12. The molecule has 0 fully saturated rings. The minimum atomic E-state index is 0.532. The van der Waals surface area contributed by atoms with Gasteiger partial charge in [-0.2, -0.15) is 0 Å². The van der Waals surface area contributed by atoms with Gasteiger partial charge in [0.25, 0.3) is 0 Å². The Morgan fingerprint density at radius 3 is 1.84 bits per heavy atom. The van der Waals surface area contributed by atoms with Crippen molar-refractivity contribution in [3.8, 4) is 0 Å². The van der Waals surface area contributed by atoms with Crippen LogP contribution in [0.25, 0.3) is 0 Å². The molecular weight excluding hydrogens is 244 g/mol. The summed E-state index contributed by atoms with van der Waals surface area (Å²) >= 11 is 0. The predicted molar refractivity (Wildman–Crippen MR) is 87.7 cm³/mol. The topological polar surface area (TPSA) is 0 Å². The standard InChI is InChI=1S/C18H22Si/c19-15-9-3-8-14-18(16-10-4-1-5-11-16)17-12-6-2-7-13-17/h1-2,4-7,9-13,15,18H,3,8,14H2,19H3. The molecule has 0 spiro atoms. The number of benzene rings is 2. The van der Waals surface area contributed by atoms with Crippen LogP contribution in [0.3, 0.4) is 0 Å². The summed E-state index contributed by atoms with van der Waals surface area (Å²) in [5.41, 5.74) is 5.15. The van der Waals surface area contributed by atoms with Crippen LogP contribution in [0.4, 0.5) is 0 Å². The lowest BCUT2D eigenvalue weighted by Gasteiger charge is -2.17. The second-order valence-electron chi connectivity index (χ2n) is 4.87. The summed E-state index contributed by atoms with van der Waals surface area (Å²) < 4.78 is 0. The van der Waals surface area contributed by atoms with Crippen LogP contribution in [-0.4, -0.2) is 10.2 Å². The third-order valence-electron chi connectivity index (χ3n) is 3.50. The monoisotopic (exact) mass is 266 g/mol. The molecule has 2 aromatic rings. The van der Waals surface area contributed by atoms with E-state index in [0.717, 1.165) is 0 Å². The van der Waals surface area contributed by atoms with E-state index in [2.05, 4.69) is 72.4 Å². The lowest BCUT2D eigenvalue weighted by molar-refractivity contribution is 0.669. The zero-order valence-electron chi connectivity index (χ0n) is 11.6. The Morgan fingerprint density at radius 2 is 1.37 bits per heavy atom. The van der Waals surface area contributed by atoms with Gasteiger partial charge in [0.05, 0.1) is 0 Å². The number of hydrogen-bond donors (Lipinski definition) is 0. The number of rotatable bonds is 6. The van der Waals surface area contributed by atoms with Crippen molar-refractivity contribution >= 4 is 10.2 Å². The van der Waals surface area contributed by atoms with Gasteiger partial charge in [0, 0.05) is 16.2 Å². The zero-order chi connectivity index (χ0) is 13.3. The Kier molecular flexibility index (Phi) is 5.64. The molecule has 0 aromatic heterocycles. The maximum absolute atomic E-state index is 2.32. The second kappa shape index (κ2) is 7.75. The molecule has 2 aromatic carbocycles. The normalized spacial score (nSPS) is 11.4. The van der Waals surface area contributed by atoms with E-state index in [4.69, 9.17) is 0 Å². The fraction of sp³-hybridized carbons (Fsp3) is 0.222. The third kappa shape index (κ3) is 4.21. The summed E-state index contributed by atoms with van der Waals surface area (Å²) in [6, 6.07) is 21.8. The highest BCUT2D eigenvalue weighted by Crippen LogP contribution is 2.29. The minimum absolute atomic E-state index is 0.532. The van der Waals surface area contributed by atoms with Gasteiger partial charge in [-0.1, -0.05) is 66.7 Å². The largest absolute Gasteiger partial charge is 0.109 e. The molecule has 0 bridgehead atoms. The van der Waals surface area contributed by atoms with Gasteiger partial charge >= 0.3 is 0 Å². The first-order chi connectivity index (χ1) is 9.42. The van der Waals surface area contributed by atoms with Crippen LogP contribution in [0.5, 0.6) is 0 Å².